The first kappa shape index (κ1) is 38.9. The summed E-state index contributed by atoms with van der Waals surface area (Å²) >= 11 is 0. The van der Waals surface area contributed by atoms with E-state index in [9.17, 15) is 0 Å². The predicted octanol–water partition coefficient (Wildman–Crippen LogP) is 17.5. The lowest BCUT2D eigenvalue weighted by molar-refractivity contribution is 0.668. The van der Waals surface area contributed by atoms with E-state index in [0.29, 0.717) is 11.8 Å². The van der Waals surface area contributed by atoms with Crippen LogP contribution in [0.15, 0.2) is 179 Å². The van der Waals surface area contributed by atoms with Crippen LogP contribution in [0.4, 0.5) is 34.1 Å². The number of hydrogen-bond donors (Lipinski definition) is 0. The average Bonchev–Trinajstić information content (AvgIpc) is 3.84. The van der Waals surface area contributed by atoms with Gasteiger partial charge in [-0.3, -0.25) is 0 Å². The highest BCUT2D eigenvalue weighted by molar-refractivity contribution is 6.09. The largest absolute Gasteiger partial charge is 0.456 e. The van der Waals surface area contributed by atoms with Gasteiger partial charge in [-0.25, -0.2) is 0 Å². The van der Waals surface area contributed by atoms with Gasteiger partial charge < -0.3 is 18.6 Å². The van der Waals surface area contributed by atoms with Gasteiger partial charge in [0.1, 0.15) is 22.3 Å². The lowest BCUT2D eigenvalue weighted by Crippen LogP contribution is -2.10. The SMILES string of the molecule is Cc1ccc(N(c2ccc(C(C)C)cc2)c2ccc3oc4ccc(/C=C/c5ccc6oc7ccc(N(c8ccc(C)cc8)c8ccc(C(C)C)cc8)cc7c6c5)cc4c3c2)cc1. The molecule has 0 radical (unpaired) electrons. The fourth-order valence-electron chi connectivity index (χ4n) is 8.54. The van der Waals surface area contributed by atoms with Gasteiger partial charge in [-0.1, -0.05) is 112 Å². The van der Waals surface area contributed by atoms with Crippen molar-refractivity contribution in [2.75, 3.05) is 9.80 Å². The Morgan fingerprint density at radius 3 is 0.968 bits per heavy atom. The molecule has 4 nitrogen and oxygen atoms in total. The van der Waals surface area contributed by atoms with Crippen molar-refractivity contribution in [3.05, 3.63) is 203 Å². The molecule has 4 heteroatoms. The molecule has 0 atom stereocenters. The zero-order valence-electron chi connectivity index (χ0n) is 36.2. The summed E-state index contributed by atoms with van der Waals surface area (Å²) in [5.41, 5.74) is 17.4. The summed E-state index contributed by atoms with van der Waals surface area (Å²) in [7, 11) is 0. The average molecular weight is 807 g/mol. The number of furan rings is 2. The Kier molecular flexibility index (Phi) is 10.0. The minimum Gasteiger partial charge on any atom is -0.456 e. The van der Waals surface area contributed by atoms with Crippen molar-refractivity contribution in [3.63, 3.8) is 0 Å². The lowest BCUT2D eigenvalue weighted by atomic mass is 10.0. The molecule has 0 saturated heterocycles. The van der Waals surface area contributed by atoms with Gasteiger partial charge in [0.25, 0.3) is 0 Å². The van der Waals surface area contributed by atoms with Crippen LogP contribution in [0.1, 0.15) is 72.9 Å². The van der Waals surface area contributed by atoms with Crippen LogP contribution >= 0.6 is 0 Å². The summed E-state index contributed by atoms with van der Waals surface area (Å²) in [6.45, 7) is 13.2. The lowest BCUT2D eigenvalue weighted by Gasteiger charge is -2.26. The van der Waals surface area contributed by atoms with E-state index in [2.05, 4.69) is 233 Å². The highest BCUT2D eigenvalue weighted by atomic mass is 16.3. The number of hydrogen-bond acceptors (Lipinski definition) is 4. The zero-order chi connectivity index (χ0) is 42.5. The minimum atomic E-state index is 0.468. The third-order valence-electron chi connectivity index (χ3n) is 12.2. The predicted molar refractivity (Wildman–Crippen MR) is 263 cm³/mol. The number of fused-ring (bicyclic) bond motifs is 6. The quantitative estimate of drug-likeness (QED) is 0.129. The molecule has 304 valence electrons. The van der Waals surface area contributed by atoms with Crippen LogP contribution in [-0.4, -0.2) is 0 Å². The molecule has 0 aliphatic carbocycles. The van der Waals surface area contributed by atoms with Crippen molar-refractivity contribution < 1.29 is 8.83 Å². The molecular weight excluding hydrogens is 757 g/mol. The molecule has 0 aliphatic heterocycles. The number of aryl methyl sites for hydroxylation is 2. The van der Waals surface area contributed by atoms with E-state index in [1.807, 2.05) is 0 Å². The topological polar surface area (TPSA) is 32.8 Å². The smallest absolute Gasteiger partial charge is 0.135 e. The summed E-state index contributed by atoms with van der Waals surface area (Å²) in [6.07, 6.45) is 4.37. The van der Waals surface area contributed by atoms with Crippen molar-refractivity contribution in [3.8, 4) is 0 Å². The summed E-state index contributed by atoms with van der Waals surface area (Å²) < 4.78 is 12.8. The molecule has 0 spiro atoms. The molecule has 8 aromatic carbocycles. The third kappa shape index (κ3) is 7.43. The van der Waals surface area contributed by atoms with E-state index in [0.717, 1.165) is 89.1 Å². The minimum absolute atomic E-state index is 0.468. The van der Waals surface area contributed by atoms with Gasteiger partial charge in [0.15, 0.2) is 0 Å². The highest BCUT2D eigenvalue weighted by Gasteiger charge is 2.18. The molecular formula is C58H50N2O2. The van der Waals surface area contributed by atoms with E-state index < -0.39 is 0 Å². The fraction of sp³-hybridized carbons (Fsp3) is 0.138. The molecule has 0 saturated carbocycles. The molecule has 2 aromatic heterocycles. The number of anilines is 6. The maximum atomic E-state index is 6.40. The van der Waals surface area contributed by atoms with Gasteiger partial charge in [0.2, 0.25) is 0 Å². The van der Waals surface area contributed by atoms with Gasteiger partial charge in [0.05, 0.1) is 0 Å². The summed E-state index contributed by atoms with van der Waals surface area (Å²) in [5, 5.41) is 4.34. The maximum absolute atomic E-state index is 6.40. The standard InChI is InChI=1S/C58H50N2O2/c1-37(2)43-15-23-47(24-16-43)59(45-19-7-39(5)8-20-45)49-27-31-57-53(35-49)51-33-41(13-29-55(51)61-57)11-12-42-14-30-56-52(34-42)54-36-50(28-32-58(54)62-56)60(46-21-9-40(6)10-22-46)48-25-17-44(18-26-48)38(3)4/h7-38H,1-6H3/b12-11+. The normalized spacial score (nSPS) is 11.9. The zero-order valence-corrected chi connectivity index (χ0v) is 36.2. The van der Waals surface area contributed by atoms with Crippen molar-refractivity contribution in [1.29, 1.82) is 0 Å². The van der Waals surface area contributed by atoms with Crippen LogP contribution in [0.25, 0.3) is 56.0 Å². The van der Waals surface area contributed by atoms with Crippen LogP contribution in [-0.2, 0) is 0 Å². The van der Waals surface area contributed by atoms with E-state index in [1.54, 1.807) is 0 Å². The van der Waals surface area contributed by atoms with E-state index in [4.69, 9.17) is 8.83 Å². The van der Waals surface area contributed by atoms with Crippen LogP contribution in [0.3, 0.4) is 0 Å². The Morgan fingerprint density at radius 1 is 0.339 bits per heavy atom. The van der Waals surface area contributed by atoms with E-state index >= 15 is 0 Å². The molecule has 0 bridgehead atoms. The Morgan fingerprint density at radius 2 is 0.629 bits per heavy atom. The first-order valence-electron chi connectivity index (χ1n) is 21.7. The van der Waals surface area contributed by atoms with Gasteiger partial charge in [-0.15, -0.1) is 0 Å². The summed E-state index contributed by atoms with van der Waals surface area (Å²) in [5.74, 6) is 0.936. The molecule has 0 unspecified atom stereocenters. The van der Waals surface area contributed by atoms with Crippen molar-refractivity contribution in [1.82, 2.24) is 0 Å². The Balaban J connectivity index is 0.994. The van der Waals surface area contributed by atoms with Crippen LogP contribution in [0, 0.1) is 13.8 Å². The first-order valence-corrected chi connectivity index (χ1v) is 21.7. The molecule has 0 N–H and O–H groups in total. The number of benzene rings is 8. The molecule has 0 aliphatic rings. The van der Waals surface area contributed by atoms with Crippen molar-refractivity contribution >= 4 is 90.2 Å². The second-order valence-corrected chi connectivity index (χ2v) is 17.2. The van der Waals surface area contributed by atoms with Crippen molar-refractivity contribution in [2.24, 2.45) is 0 Å². The van der Waals surface area contributed by atoms with Crippen LogP contribution in [0.5, 0.6) is 0 Å². The Hall–Kier alpha value is -7.30. The van der Waals surface area contributed by atoms with Gasteiger partial charge in [-0.05, 0) is 157 Å². The number of rotatable bonds is 10. The first-order chi connectivity index (χ1) is 30.1. The van der Waals surface area contributed by atoms with Gasteiger partial charge >= 0.3 is 0 Å². The molecule has 2 heterocycles. The second-order valence-electron chi connectivity index (χ2n) is 17.2. The van der Waals surface area contributed by atoms with Crippen LogP contribution in [0.2, 0.25) is 0 Å². The maximum Gasteiger partial charge on any atom is 0.135 e. The number of nitrogens with zero attached hydrogens (tertiary/aromatic N) is 2. The highest BCUT2D eigenvalue weighted by Crippen LogP contribution is 2.41. The molecule has 0 fully saturated rings. The van der Waals surface area contributed by atoms with E-state index in [1.165, 1.54) is 22.3 Å². The van der Waals surface area contributed by atoms with E-state index in [-0.39, 0.29) is 0 Å². The van der Waals surface area contributed by atoms with Gasteiger partial charge in [0, 0.05) is 55.7 Å². The second kappa shape index (κ2) is 15.9. The Labute approximate surface area is 364 Å². The molecule has 10 aromatic rings. The Bertz CT molecular complexity index is 3020. The monoisotopic (exact) mass is 806 g/mol. The van der Waals surface area contributed by atoms with Crippen molar-refractivity contribution in [2.45, 2.75) is 53.4 Å². The molecule has 10 rings (SSSR count). The third-order valence-corrected chi connectivity index (χ3v) is 12.2. The summed E-state index contributed by atoms with van der Waals surface area (Å²) in [6, 6.07) is 61.3. The fourth-order valence-corrected chi connectivity index (χ4v) is 8.54. The summed E-state index contributed by atoms with van der Waals surface area (Å²) in [4.78, 5) is 4.66. The van der Waals surface area contributed by atoms with Gasteiger partial charge in [-0.2, -0.15) is 0 Å². The van der Waals surface area contributed by atoms with Crippen LogP contribution < -0.4 is 9.80 Å². The molecule has 0 amide bonds. The molecule has 62 heavy (non-hydrogen) atoms.